The average molecular weight is 211 g/mol. The molecule has 2 N–H and O–H groups in total. The first-order valence-electron chi connectivity index (χ1n) is 3.86. The largest absolute Gasteiger partial charge is 0.364 e. The SMILES string of the molecule is CN(C)N=Nc1c(C(N)=O)ncn1N=O. The molecule has 1 heterocycles. The van der Waals surface area contributed by atoms with Crippen LogP contribution >= 0.6 is 0 Å². The number of nitrogens with zero attached hydrogens (tertiary/aromatic N) is 6. The van der Waals surface area contributed by atoms with E-state index in [1.807, 2.05) is 0 Å². The maximum atomic E-state index is 10.9. The van der Waals surface area contributed by atoms with Gasteiger partial charge in [-0.1, -0.05) is 5.22 Å². The van der Waals surface area contributed by atoms with Crippen LogP contribution < -0.4 is 5.73 Å². The summed E-state index contributed by atoms with van der Waals surface area (Å²) in [5.41, 5.74) is 4.86. The summed E-state index contributed by atoms with van der Waals surface area (Å²) in [7, 11) is 3.25. The van der Waals surface area contributed by atoms with Crippen LogP contribution in [0.3, 0.4) is 0 Å². The molecule has 1 aromatic rings. The second kappa shape index (κ2) is 4.26. The van der Waals surface area contributed by atoms with E-state index in [0.29, 0.717) is 0 Å². The van der Waals surface area contributed by atoms with E-state index in [-0.39, 0.29) is 11.5 Å². The fourth-order valence-corrected chi connectivity index (χ4v) is 0.792. The van der Waals surface area contributed by atoms with Crippen LogP contribution in [-0.4, -0.2) is 34.7 Å². The summed E-state index contributed by atoms with van der Waals surface area (Å²) in [5.74, 6) is -0.892. The van der Waals surface area contributed by atoms with Crippen molar-refractivity contribution in [1.82, 2.24) is 14.7 Å². The molecular weight excluding hydrogens is 202 g/mol. The molecule has 9 heteroatoms. The molecule has 9 nitrogen and oxygen atoms in total. The van der Waals surface area contributed by atoms with Crippen molar-refractivity contribution >= 4 is 11.7 Å². The molecule has 0 aliphatic rings. The third-order valence-electron chi connectivity index (χ3n) is 1.36. The lowest BCUT2D eigenvalue weighted by atomic mass is 10.4. The van der Waals surface area contributed by atoms with Crippen LogP contribution in [0, 0.1) is 4.91 Å². The van der Waals surface area contributed by atoms with E-state index in [1.54, 1.807) is 14.1 Å². The molecule has 0 saturated heterocycles. The van der Waals surface area contributed by atoms with Gasteiger partial charge in [0.2, 0.25) is 5.82 Å². The first kappa shape index (κ1) is 10.8. The van der Waals surface area contributed by atoms with Crippen LogP contribution in [-0.2, 0) is 0 Å². The van der Waals surface area contributed by atoms with Gasteiger partial charge in [0.1, 0.15) is 6.33 Å². The Morgan fingerprint density at radius 2 is 2.27 bits per heavy atom. The average Bonchev–Trinajstić information content (AvgIpc) is 2.57. The number of carbonyl (C=O) groups is 1. The topological polar surface area (TPSA) is 118 Å². The standard InChI is InChI=1S/C6H9N7O2/c1-12(2)10-9-6-4(5(7)14)8-3-13(6)11-15/h3H,1-2H3,(H2,7,14). The van der Waals surface area contributed by atoms with Crippen molar-refractivity contribution in [3.05, 3.63) is 16.9 Å². The van der Waals surface area contributed by atoms with Gasteiger partial charge < -0.3 is 5.73 Å². The second-order valence-electron chi connectivity index (χ2n) is 2.74. The number of hydrogen-bond donors (Lipinski definition) is 1. The monoisotopic (exact) mass is 211 g/mol. The van der Waals surface area contributed by atoms with Crippen LogP contribution in [0.1, 0.15) is 10.5 Å². The van der Waals surface area contributed by atoms with Crippen LogP contribution in [0.15, 0.2) is 22.0 Å². The smallest absolute Gasteiger partial charge is 0.271 e. The number of imidazole rings is 1. The van der Waals surface area contributed by atoms with Crippen molar-refractivity contribution < 1.29 is 4.79 Å². The fourth-order valence-electron chi connectivity index (χ4n) is 0.792. The molecule has 80 valence electrons. The van der Waals surface area contributed by atoms with E-state index >= 15 is 0 Å². The van der Waals surface area contributed by atoms with Gasteiger partial charge in [-0.05, 0) is 0 Å². The van der Waals surface area contributed by atoms with E-state index in [1.165, 1.54) is 5.01 Å². The predicted octanol–water partition coefficient (Wildman–Crippen LogP) is 0.0718. The number of primary amides is 1. The minimum Gasteiger partial charge on any atom is -0.364 e. The number of rotatable bonds is 4. The van der Waals surface area contributed by atoms with Gasteiger partial charge in [0.05, 0.1) is 5.29 Å². The molecule has 0 bridgehead atoms. The molecule has 0 radical (unpaired) electrons. The van der Waals surface area contributed by atoms with E-state index in [2.05, 4.69) is 20.6 Å². The van der Waals surface area contributed by atoms with Crippen molar-refractivity contribution in [1.29, 1.82) is 0 Å². The Hall–Kier alpha value is -2.32. The Kier molecular flexibility index (Phi) is 3.06. The lowest BCUT2D eigenvalue weighted by Gasteiger charge is -2.00. The molecule has 1 amide bonds. The Bertz CT molecular complexity index is 408. The molecule has 0 unspecified atom stereocenters. The minimum atomic E-state index is -0.801. The number of amides is 1. The highest BCUT2D eigenvalue weighted by molar-refractivity contribution is 5.94. The zero-order valence-corrected chi connectivity index (χ0v) is 8.15. The van der Waals surface area contributed by atoms with Gasteiger partial charge >= 0.3 is 0 Å². The van der Waals surface area contributed by atoms with Crippen LogP contribution in [0.2, 0.25) is 0 Å². The molecule has 0 spiro atoms. The number of aromatic nitrogens is 2. The molecule has 1 rings (SSSR count). The van der Waals surface area contributed by atoms with Gasteiger partial charge in [-0.3, -0.25) is 9.80 Å². The summed E-state index contributed by atoms with van der Waals surface area (Å²) in [6, 6.07) is 0. The third kappa shape index (κ3) is 2.33. The summed E-state index contributed by atoms with van der Waals surface area (Å²) in [6.45, 7) is 0. The van der Waals surface area contributed by atoms with Crippen molar-refractivity contribution in [2.45, 2.75) is 0 Å². The van der Waals surface area contributed by atoms with Gasteiger partial charge in [-0.2, -0.15) is 4.68 Å². The second-order valence-corrected chi connectivity index (χ2v) is 2.74. The number of nitrogens with two attached hydrogens (primary N) is 1. The summed E-state index contributed by atoms with van der Waals surface area (Å²) in [5, 5.41) is 11.2. The van der Waals surface area contributed by atoms with Crippen molar-refractivity contribution in [2.75, 3.05) is 14.1 Å². The first-order chi connectivity index (χ1) is 7.06. The van der Waals surface area contributed by atoms with Crippen LogP contribution in [0.5, 0.6) is 0 Å². The molecule has 0 atom stereocenters. The Balaban J connectivity index is 3.16. The minimum absolute atomic E-state index is 0.0915. The Labute approximate surface area is 84.5 Å². The molecule has 0 fully saturated rings. The first-order valence-corrected chi connectivity index (χ1v) is 3.86. The molecular formula is C6H9N7O2. The van der Waals surface area contributed by atoms with E-state index in [9.17, 15) is 9.70 Å². The van der Waals surface area contributed by atoms with Crippen LogP contribution in [0.4, 0.5) is 5.82 Å². The summed E-state index contributed by atoms with van der Waals surface area (Å²) >= 11 is 0. The maximum Gasteiger partial charge on any atom is 0.271 e. The van der Waals surface area contributed by atoms with Crippen molar-refractivity contribution in [3.63, 3.8) is 0 Å². The maximum absolute atomic E-state index is 10.9. The van der Waals surface area contributed by atoms with Crippen molar-refractivity contribution in [3.8, 4) is 0 Å². The number of carbonyl (C=O) groups excluding carboxylic acids is 1. The summed E-state index contributed by atoms with van der Waals surface area (Å²) in [6.07, 6.45) is 1.04. The number of hydrogen-bond acceptors (Lipinski definition) is 6. The van der Waals surface area contributed by atoms with Gasteiger partial charge in [0, 0.05) is 14.1 Å². The van der Waals surface area contributed by atoms with Gasteiger partial charge in [-0.15, -0.1) is 10.0 Å². The van der Waals surface area contributed by atoms with Gasteiger partial charge in [0.25, 0.3) is 5.91 Å². The molecule has 0 aliphatic carbocycles. The highest BCUT2D eigenvalue weighted by Gasteiger charge is 2.16. The van der Waals surface area contributed by atoms with E-state index < -0.39 is 5.91 Å². The highest BCUT2D eigenvalue weighted by atomic mass is 16.3. The normalized spacial score (nSPS) is 10.5. The van der Waals surface area contributed by atoms with Crippen LogP contribution in [0.25, 0.3) is 0 Å². The molecule has 15 heavy (non-hydrogen) atoms. The van der Waals surface area contributed by atoms with E-state index in [4.69, 9.17) is 5.73 Å². The zero-order valence-electron chi connectivity index (χ0n) is 8.15. The van der Waals surface area contributed by atoms with Gasteiger partial charge in [0.15, 0.2) is 5.69 Å². The van der Waals surface area contributed by atoms with E-state index in [0.717, 1.165) is 11.0 Å². The zero-order chi connectivity index (χ0) is 11.4. The molecule has 0 aromatic carbocycles. The third-order valence-corrected chi connectivity index (χ3v) is 1.36. The lowest BCUT2D eigenvalue weighted by Crippen LogP contribution is -2.11. The van der Waals surface area contributed by atoms with Gasteiger partial charge in [-0.25, -0.2) is 4.98 Å². The Morgan fingerprint density at radius 1 is 1.60 bits per heavy atom. The lowest BCUT2D eigenvalue weighted by molar-refractivity contribution is 0.0996. The summed E-state index contributed by atoms with van der Waals surface area (Å²) in [4.78, 5) is 24.8. The molecule has 1 aromatic heterocycles. The quantitative estimate of drug-likeness (QED) is 0.430. The molecule has 0 saturated carbocycles. The highest BCUT2D eigenvalue weighted by Crippen LogP contribution is 2.18. The number of nitroso groups, excluding NO2 is 1. The summed E-state index contributed by atoms with van der Waals surface area (Å²) < 4.78 is 0.771. The Morgan fingerprint density at radius 3 is 2.73 bits per heavy atom. The fraction of sp³-hybridized carbons (Fsp3) is 0.333. The molecule has 0 aliphatic heterocycles. The predicted molar refractivity (Wildman–Crippen MR) is 50.1 cm³/mol. The van der Waals surface area contributed by atoms with Crippen molar-refractivity contribution in [2.24, 2.45) is 21.4 Å².